The molecule has 1 heterocycles. The van der Waals surface area contributed by atoms with Crippen molar-refractivity contribution in [2.45, 2.75) is 24.8 Å². The molecule has 1 atom stereocenters. The second-order valence-electron chi connectivity index (χ2n) is 5.04. The molecule has 0 fully saturated rings. The molecule has 4 nitrogen and oxygen atoms in total. The Labute approximate surface area is 137 Å². The van der Waals surface area contributed by atoms with Crippen LogP contribution in [0.2, 0.25) is 0 Å². The lowest BCUT2D eigenvalue weighted by molar-refractivity contribution is 0.469. The fourth-order valence-corrected chi connectivity index (χ4v) is 4.84. The summed E-state index contributed by atoms with van der Waals surface area (Å²) >= 11 is 4.80. The predicted octanol–water partition coefficient (Wildman–Crippen LogP) is 3.77. The second kappa shape index (κ2) is 6.48. The monoisotopic (exact) mass is 388 g/mol. The van der Waals surface area contributed by atoms with E-state index in [4.69, 9.17) is 5.73 Å². The van der Waals surface area contributed by atoms with Gasteiger partial charge < -0.3 is 5.73 Å². The number of thiophene rings is 1. The van der Waals surface area contributed by atoms with Gasteiger partial charge in [-0.2, -0.15) is 0 Å². The standard InChI is InChI=1S/C14H17BrN2O2S2/c1-9(2)14(13-4-3-7-20-13)17-21(18,19)10-5-6-12(16)11(15)8-10/h3-9,14,17H,16H2,1-2H3. The van der Waals surface area contributed by atoms with Gasteiger partial charge in [-0.25, -0.2) is 13.1 Å². The van der Waals surface area contributed by atoms with Gasteiger partial charge in [-0.15, -0.1) is 11.3 Å². The molecular formula is C14H17BrN2O2S2. The molecule has 1 unspecified atom stereocenters. The van der Waals surface area contributed by atoms with E-state index in [-0.39, 0.29) is 16.9 Å². The molecule has 0 aliphatic carbocycles. The first-order chi connectivity index (χ1) is 9.81. The summed E-state index contributed by atoms with van der Waals surface area (Å²) in [6, 6.07) is 8.22. The van der Waals surface area contributed by atoms with Crippen LogP contribution < -0.4 is 10.5 Å². The average molecular weight is 389 g/mol. The Balaban J connectivity index is 2.32. The summed E-state index contributed by atoms with van der Waals surface area (Å²) in [5.74, 6) is 0.149. The number of benzene rings is 1. The van der Waals surface area contributed by atoms with Crippen molar-refractivity contribution >= 4 is 43.0 Å². The van der Waals surface area contributed by atoms with Crippen molar-refractivity contribution in [1.29, 1.82) is 0 Å². The van der Waals surface area contributed by atoms with Crippen molar-refractivity contribution in [2.75, 3.05) is 5.73 Å². The number of nitrogen functional groups attached to an aromatic ring is 1. The topological polar surface area (TPSA) is 72.2 Å². The van der Waals surface area contributed by atoms with Gasteiger partial charge in [-0.3, -0.25) is 0 Å². The number of hydrogen-bond acceptors (Lipinski definition) is 4. The van der Waals surface area contributed by atoms with Crippen LogP contribution in [0.1, 0.15) is 24.8 Å². The van der Waals surface area contributed by atoms with Gasteiger partial charge in [0.1, 0.15) is 0 Å². The third kappa shape index (κ3) is 3.85. The minimum Gasteiger partial charge on any atom is -0.398 e. The number of sulfonamides is 1. The van der Waals surface area contributed by atoms with Gasteiger partial charge in [-0.1, -0.05) is 19.9 Å². The minimum absolute atomic E-state index is 0.149. The summed E-state index contributed by atoms with van der Waals surface area (Å²) in [4.78, 5) is 1.20. The lowest BCUT2D eigenvalue weighted by Gasteiger charge is -2.21. The number of hydrogen-bond donors (Lipinski definition) is 2. The van der Waals surface area contributed by atoms with E-state index < -0.39 is 10.0 Å². The Morgan fingerprint density at radius 2 is 2.00 bits per heavy atom. The van der Waals surface area contributed by atoms with Gasteiger partial charge in [0.05, 0.1) is 10.9 Å². The Morgan fingerprint density at radius 3 is 2.52 bits per heavy atom. The second-order valence-corrected chi connectivity index (χ2v) is 8.59. The molecule has 1 aromatic carbocycles. The van der Waals surface area contributed by atoms with E-state index in [1.807, 2.05) is 31.4 Å². The molecule has 0 radical (unpaired) electrons. The molecule has 0 amide bonds. The van der Waals surface area contributed by atoms with Crippen LogP contribution in [0.25, 0.3) is 0 Å². The molecule has 1 aromatic heterocycles. The summed E-state index contributed by atoms with van der Waals surface area (Å²) in [6.07, 6.45) is 0. The molecule has 0 saturated carbocycles. The normalized spacial score (nSPS) is 13.5. The summed E-state index contributed by atoms with van der Waals surface area (Å²) in [5.41, 5.74) is 6.21. The van der Waals surface area contributed by atoms with Crippen LogP contribution in [0.5, 0.6) is 0 Å². The van der Waals surface area contributed by atoms with Crippen molar-refractivity contribution in [3.8, 4) is 0 Å². The van der Waals surface area contributed by atoms with Crippen LogP contribution in [0.3, 0.4) is 0 Å². The maximum Gasteiger partial charge on any atom is 0.241 e. The summed E-state index contributed by atoms with van der Waals surface area (Å²) in [5, 5.41) is 1.94. The van der Waals surface area contributed by atoms with Gasteiger partial charge in [0.25, 0.3) is 0 Å². The highest BCUT2D eigenvalue weighted by atomic mass is 79.9. The van der Waals surface area contributed by atoms with E-state index >= 15 is 0 Å². The van der Waals surface area contributed by atoms with Crippen LogP contribution in [-0.2, 0) is 10.0 Å². The summed E-state index contributed by atoms with van der Waals surface area (Å²) < 4.78 is 28.4. The smallest absolute Gasteiger partial charge is 0.241 e. The Kier molecular flexibility index (Phi) is 5.08. The summed E-state index contributed by atoms with van der Waals surface area (Å²) in [7, 11) is -3.60. The summed E-state index contributed by atoms with van der Waals surface area (Å²) in [6.45, 7) is 3.98. The van der Waals surface area contributed by atoms with Crippen LogP contribution in [0.4, 0.5) is 5.69 Å². The SMILES string of the molecule is CC(C)C(NS(=O)(=O)c1ccc(N)c(Br)c1)c1cccs1. The number of halogens is 1. The van der Waals surface area contributed by atoms with Crippen molar-refractivity contribution in [3.63, 3.8) is 0 Å². The number of anilines is 1. The molecule has 114 valence electrons. The molecule has 7 heteroatoms. The van der Waals surface area contributed by atoms with E-state index in [2.05, 4.69) is 20.7 Å². The highest BCUT2D eigenvalue weighted by molar-refractivity contribution is 9.10. The van der Waals surface area contributed by atoms with Gasteiger partial charge >= 0.3 is 0 Å². The fourth-order valence-electron chi connectivity index (χ4n) is 1.90. The quantitative estimate of drug-likeness (QED) is 0.765. The highest BCUT2D eigenvalue weighted by Crippen LogP contribution is 2.29. The number of nitrogens with one attached hydrogen (secondary N) is 1. The zero-order chi connectivity index (χ0) is 15.6. The molecule has 2 aromatic rings. The zero-order valence-electron chi connectivity index (χ0n) is 11.7. The first-order valence-corrected chi connectivity index (χ1v) is 9.57. The van der Waals surface area contributed by atoms with Gasteiger partial charge in [0, 0.05) is 15.0 Å². The fraction of sp³-hybridized carbons (Fsp3) is 0.286. The van der Waals surface area contributed by atoms with Crippen LogP contribution in [0, 0.1) is 5.92 Å². The van der Waals surface area contributed by atoms with Crippen molar-refractivity contribution in [3.05, 3.63) is 45.1 Å². The maximum atomic E-state index is 12.5. The van der Waals surface area contributed by atoms with Crippen LogP contribution in [-0.4, -0.2) is 8.42 Å². The van der Waals surface area contributed by atoms with E-state index in [1.54, 1.807) is 17.4 Å². The van der Waals surface area contributed by atoms with E-state index in [9.17, 15) is 8.42 Å². The molecular weight excluding hydrogens is 372 g/mol. The van der Waals surface area contributed by atoms with Crippen LogP contribution >= 0.6 is 27.3 Å². The van der Waals surface area contributed by atoms with Crippen molar-refractivity contribution < 1.29 is 8.42 Å². The molecule has 2 rings (SSSR count). The molecule has 0 aliphatic rings. The largest absolute Gasteiger partial charge is 0.398 e. The minimum atomic E-state index is -3.60. The third-order valence-electron chi connectivity index (χ3n) is 3.08. The number of rotatable bonds is 5. The van der Waals surface area contributed by atoms with Crippen LogP contribution in [0.15, 0.2) is 45.1 Å². The highest BCUT2D eigenvalue weighted by Gasteiger charge is 2.24. The molecule has 21 heavy (non-hydrogen) atoms. The first kappa shape index (κ1) is 16.5. The molecule has 0 bridgehead atoms. The van der Waals surface area contributed by atoms with E-state index in [0.29, 0.717) is 10.2 Å². The van der Waals surface area contributed by atoms with Gasteiger partial charge in [0.2, 0.25) is 10.0 Å². The molecule has 0 aliphatic heterocycles. The third-order valence-corrected chi connectivity index (χ3v) is 6.16. The molecule has 0 saturated heterocycles. The maximum absolute atomic E-state index is 12.5. The lowest BCUT2D eigenvalue weighted by Crippen LogP contribution is -2.31. The van der Waals surface area contributed by atoms with Crippen molar-refractivity contribution in [2.24, 2.45) is 5.92 Å². The van der Waals surface area contributed by atoms with Crippen molar-refractivity contribution in [1.82, 2.24) is 4.72 Å². The lowest BCUT2D eigenvalue weighted by atomic mass is 10.0. The number of nitrogens with two attached hydrogens (primary N) is 1. The molecule has 3 N–H and O–H groups in total. The first-order valence-electron chi connectivity index (χ1n) is 6.42. The predicted molar refractivity (Wildman–Crippen MR) is 90.8 cm³/mol. The Morgan fingerprint density at radius 1 is 1.29 bits per heavy atom. The van der Waals surface area contributed by atoms with E-state index in [1.165, 1.54) is 12.1 Å². The molecule has 0 spiro atoms. The Bertz CT molecular complexity index is 713. The van der Waals surface area contributed by atoms with E-state index in [0.717, 1.165) is 4.88 Å². The Hall–Kier alpha value is -0.890. The average Bonchev–Trinajstić information content (AvgIpc) is 2.92. The van der Waals surface area contributed by atoms with Gasteiger partial charge in [0.15, 0.2) is 0 Å². The zero-order valence-corrected chi connectivity index (χ0v) is 14.9. The van der Waals surface area contributed by atoms with Gasteiger partial charge in [-0.05, 0) is 51.5 Å².